The van der Waals surface area contributed by atoms with E-state index in [1.807, 2.05) is 26.8 Å². The predicted molar refractivity (Wildman–Crippen MR) is 133 cm³/mol. The molecule has 1 aromatic heterocycles. The average Bonchev–Trinajstić information content (AvgIpc) is 3.31. The van der Waals surface area contributed by atoms with Crippen LogP contribution in [0.15, 0.2) is 41.2 Å². The summed E-state index contributed by atoms with van der Waals surface area (Å²) < 4.78 is 5.46. The van der Waals surface area contributed by atoms with E-state index in [9.17, 15) is 9.59 Å². The Balaban J connectivity index is 1.58. The number of piperazine rings is 1. The second kappa shape index (κ2) is 10.8. The van der Waals surface area contributed by atoms with Crippen molar-refractivity contribution in [2.75, 3.05) is 49.5 Å². The van der Waals surface area contributed by atoms with Crippen LogP contribution in [0.3, 0.4) is 0 Å². The van der Waals surface area contributed by atoms with Crippen LogP contribution in [-0.4, -0.2) is 71.7 Å². The molecule has 0 aromatic carbocycles. The molecular weight excluding hydrogens is 440 g/mol. The number of anilines is 2. The number of likely N-dealkylation sites (tertiary alicyclic amines) is 1. The van der Waals surface area contributed by atoms with Crippen LogP contribution in [0.5, 0.6) is 0 Å². The van der Waals surface area contributed by atoms with E-state index >= 15 is 0 Å². The van der Waals surface area contributed by atoms with Crippen LogP contribution in [0.1, 0.15) is 33.6 Å². The highest BCUT2D eigenvalue weighted by Crippen LogP contribution is 2.27. The molecule has 2 aliphatic rings. The highest BCUT2D eigenvalue weighted by Gasteiger charge is 2.27. The van der Waals surface area contributed by atoms with Crippen LogP contribution < -0.4 is 16.0 Å². The number of aromatic nitrogens is 1. The van der Waals surface area contributed by atoms with E-state index < -0.39 is 11.5 Å². The lowest BCUT2D eigenvalue weighted by atomic mass is 10.2. The van der Waals surface area contributed by atoms with Crippen molar-refractivity contribution in [1.82, 2.24) is 14.8 Å². The summed E-state index contributed by atoms with van der Waals surface area (Å²) in [4.78, 5) is 35.2. The van der Waals surface area contributed by atoms with Gasteiger partial charge in [0.2, 0.25) is 0 Å². The quantitative estimate of drug-likeness (QED) is 0.606. The van der Waals surface area contributed by atoms with Crippen LogP contribution in [0.2, 0.25) is 0 Å². The Labute approximate surface area is 200 Å². The number of nitrogens with one attached hydrogen (secondary N) is 1. The lowest BCUT2D eigenvalue weighted by Gasteiger charge is -2.37. The Morgan fingerprint density at radius 2 is 1.82 bits per heavy atom. The zero-order valence-corrected chi connectivity index (χ0v) is 20.5. The number of thioether (sulfide) groups is 1. The smallest absolute Gasteiger partial charge is 0.410 e. The molecule has 33 heavy (non-hydrogen) atoms. The Kier molecular flexibility index (Phi) is 8.12. The van der Waals surface area contributed by atoms with E-state index in [0.29, 0.717) is 31.9 Å². The molecule has 9 nitrogen and oxygen atoms in total. The van der Waals surface area contributed by atoms with Gasteiger partial charge in [0.15, 0.2) is 0 Å². The molecular formula is C23H34N6O3S. The minimum absolute atomic E-state index is 0.116. The van der Waals surface area contributed by atoms with Gasteiger partial charge < -0.3 is 30.5 Å². The molecule has 10 heteroatoms. The fraction of sp³-hybridized carbons (Fsp3) is 0.522. The number of carbonyl (C=O) groups is 2. The molecule has 0 bridgehead atoms. The van der Waals surface area contributed by atoms with Gasteiger partial charge in [-0.1, -0.05) is 18.3 Å². The SMILES string of the molecule is C=C(S/C=C(\N)C(=O)Nc1cnccc1N1CCN(C(=O)OC(C)(C)C)CC1)N1CCCC1. The van der Waals surface area contributed by atoms with Gasteiger partial charge in [-0.15, -0.1) is 0 Å². The van der Waals surface area contributed by atoms with Gasteiger partial charge in [-0.2, -0.15) is 0 Å². The van der Waals surface area contributed by atoms with Crippen LogP contribution in [0.4, 0.5) is 16.2 Å². The highest BCUT2D eigenvalue weighted by molar-refractivity contribution is 8.05. The molecule has 0 unspecified atom stereocenters. The molecule has 0 aliphatic carbocycles. The summed E-state index contributed by atoms with van der Waals surface area (Å²) in [7, 11) is 0. The summed E-state index contributed by atoms with van der Waals surface area (Å²) in [5.74, 6) is -0.390. The van der Waals surface area contributed by atoms with Gasteiger partial charge in [-0.3, -0.25) is 9.78 Å². The number of nitrogens with two attached hydrogens (primary N) is 1. The number of pyridine rings is 1. The van der Waals surface area contributed by atoms with E-state index in [-0.39, 0.29) is 11.8 Å². The molecule has 3 heterocycles. The number of hydrogen-bond acceptors (Lipinski definition) is 8. The first kappa shape index (κ1) is 24.8. The zero-order chi connectivity index (χ0) is 24.0. The van der Waals surface area contributed by atoms with Crippen molar-refractivity contribution >= 4 is 35.1 Å². The van der Waals surface area contributed by atoms with Gasteiger partial charge in [0, 0.05) is 50.9 Å². The summed E-state index contributed by atoms with van der Waals surface area (Å²) >= 11 is 1.37. The molecule has 3 rings (SSSR count). The molecule has 1 aromatic rings. The van der Waals surface area contributed by atoms with Crippen molar-refractivity contribution in [1.29, 1.82) is 0 Å². The van der Waals surface area contributed by atoms with Crippen molar-refractivity contribution in [3.05, 3.63) is 41.2 Å². The van der Waals surface area contributed by atoms with Gasteiger partial charge in [-0.25, -0.2) is 4.79 Å². The first-order valence-electron chi connectivity index (χ1n) is 11.2. The monoisotopic (exact) mass is 474 g/mol. The van der Waals surface area contributed by atoms with Gasteiger partial charge in [-0.05, 0) is 39.7 Å². The number of nitrogens with zero attached hydrogens (tertiary/aromatic N) is 4. The average molecular weight is 475 g/mol. The Morgan fingerprint density at radius 1 is 1.15 bits per heavy atom. The highest BCUT2D eigenvalue weighted by atomic mass is 32.2. The second-order valence-corrected chi connectivity index (χ2v) is 10.0. The van der Waals surface area contributed by atoms with Gasteiger partial charge in [0.1, 0.15) is 11.3 Å². The molecule has 0 saturated carbocycles. The van der Waals surface area contributed by atoms with Gasteiger partial charge >= 0.3 is 6.09 Å². The fourth-order valence-corrected chi connectivity index (χ4v) is 4.34. The number of carbonyl (C=O) groups excluding carboxylic acids is 2. The first-order chi connectivity index (χ1) is 15.6. The Bertz CT molecular complexity index is 900. The Hall–Kier alpha value is -2.88. The molecule has 2 amide bonds. The fourth-order valence-electron chi connectivity index (χ4n) is 3.64. The van der Waals surface area contributed by atoms with E-state index in [0.717, 1.165) is 36.6 Å². The van der Waals surface area contributed by atoms with Crippen LogP contribution >= 0.6 is 11.8 Å². The van der Waals surface area contributed by atoms with Crippen LogP contribution in [0, 0.1) is 0 Å². The largest absolute Gasteiger partial charge is 0.444 e. The standard InChI is InChI=1S/C23H34N6O3S/c1-17(27-9-5-6-10-27)33-16-18(24)21(30)26-19-15-25-8-7-20(19)28-11-13-29(14-12-28)22(31)32-23(2,3)4/h7-8,15-16H,1,5-6,9-14,24H2,2-4H3,(H,26,30)/b18-16-. The molecule has 2 fully saturated rings. The molecule has 0 atom stereocenters. The minimum Gasteiger partial charge on any atom is -0.444 e. The van der Waals surface area contributed by atoms with Crippen molar-refractivity contribution in [3.8, 4) is 0 Å². The first-order valence-corrected chi connectivity index (χ1v) is 12.1. The van der Waals surface area contributed by atoms with E-state index in [1.54, 1.807) is 22.7 Å². The number of amides is 2. The molecule has 2 saturated heterocycles. The van der Waals surface area contributed by atoms with Crippen molar-refractivity contribution in [2.45, 2.75) is 39.2 Å². The summed E-state index contributed by atoms with van der Waals surface area (Å²) in [6, 6.07) is 1.85. The summed E-state index contributed by atoms with van der Waals surface area (Å²) in [5.41, 5.74) is 7.02. The summed E-state index contributed by atoms with van der Waals surface area (Å²) in [6.45, 7) is 13.9. The third-order valence-electron chi connectivity index (χ3n) is 5.36. The number of ether oxygens (including phenoxy) is 1. The lowest BCUT2D eigenvalue weighted by molar-refractivity contribution is -0.112. The molecule has 2 aliphatic heterocycles. The van der Waals surface area contributed by atoms with E-state index in [2.05, 4.69) is 26.7 Å². The molecule has 180 valence electrons. The van der Waals surface area contributed by atoms with Crippen LogP contribution in [-0.2, 0) is 9.53 Å². The normalized spacial score (nSPS) is 17.2. The third kappa shape index (κ3) is 7.05. The minimum atomic E-state index is -0.524. The van der Waals surface area contributed by atoms with E-state index in [4.69, 9.17) is 10.5 Å². The predicted octanol–water partition coefficient (Wildman–Crippen LogP) is 3.18. The maximum absolute atomic E-state index is 12.7. The molecule has 0 radical (unpaired) electrons. The van der Waals surface area contributed by atoms with Crippen molar-refractivity contribution < 1.29 is 14.3 Å². The maximum Gasteiger partial charge on any atom is 0.410 e. The van der Waals surface area contributed by atoms with Crippen molar-refractivity contribution in [2.24, 2.45) is 5.73 Å². The maximum atomic E-state index is 12.7. The zero-order valence-electron chi connectivity index (χ0n) is 19.7. The molecule has 0 spiro atoms. The summed E-state index contributed by atoms with van der Waals surface area (Å²) in [5, 5.41) is 5.39. The van der Waals surface area contributed by atoms with Crippen molar-refractivity contribution in [3.63, 3.8) is 0 Å². The number of rotatable bonds is 6. The van der Waals surface area contributed by atoms with E-state index in [1.165, 1.54) is 11.8 Å². The Morgan fingerprint density at radius 3 is 2.45 bits per heavy atom. The second-order valence-electron chi connectivity index (χ2n) is 9.08. The number of hydrogen-bond donors (Lipinski definition) is 2. The third-order valence-corrected chi connectivity index (χ3v) is 6.26. The topological polar surface area (TPSA) is 104 Å². The molecule has 3 N–H and O–H groups in total. The van der Waals surface area contributed by atoms with Crippen LogP contribution in [0.25, 0.3) is 0 Å². The van der Waals surface area contributed by atoms with Gasteiger partial charge in [0.25, 0.3) is 5.91 Å². The van der Waals surface area contributed by atoms with Gasteiger partial charge in [0.05, 0.1) is 22.6 Å². The summed E-state index contributed by atoms with van der Waals surface area (Å²) in [6.07, 6.45) is 5.30. The lowest BCUT2D eigenvalue weighted by Crippen LogP contribution is -2.50.